The molecule has 0 aliphatic carbocycles. The van der Waals surface area contributed by atoms with Crippen LogP contribution in [0.15, 0.2) is 89.4 Å². The molecular formula is C33H18BrF2N3O4. The third-order valence-electron chi connectivity index (χ3n) is 6.55. The molecule has 10 heteroatoms. The molecule has 0 unspecified atom stereocenters. The number of halogens is 3. The third-order valence-corrected chi connectivity index (χ3v) is 7.21. The van der Waals surface area contributed by atoms with Crippen molar-refractivity contribution in [1.82, 2.24) is 4.98 Å². The molecule has 0 amide bonds. The van der Waals surface area contributed by atoms with Crippen molar-refractivity contribution in [2.24, 2.45) is 0 Å². The summed E-state index contributed by atoms with van der Waals surface area (Å²) in [6, 6.07) is 24.7. The quantitative estimate of drug-likeness (QED) is 0.151. The summed E-state index contributed by atoms with van der Waals surface area (Å²) in [7, 11) is 0. The van der Waals surface area contributed by atoms with E-state index < -0.39 is 23.1 Å². The number of phenols is 4. The number of hydrogen-bond donors (Lipinski definition) is 4. The van der Waals surface area contributed by atoms with Crippen molar-refractivity contribution in [3.8, 4) is 57.5 Å². The lowest BCUT2D eigenvalue weighted by Gasteiger charge is -2.08. The first-order valence-corrected chi connectivity index (χ1v) is 13.2. The first kappa shape index (κ1) is 28.8. The van der Waals surface area contributed by atoms with E-state index in [2.05, 4.69) is 27.0 Å². The van der Waals surface area contributed by atoms with Crippen molar-refractivity contribution in [3.63, 3.8) is 0 Å². The van der Waals surface area contributed by atoms with E-state index in [1.54, 1.807) is 36.4 Å². The number of rotatable bonds is 2. The Kier molecular flexibility index (Phi) is 7.80. The summed E-state index contributed by atoms with van der Waals surface area (Å²) >= 11 is 3.37. The van der Waals surface area contributed by atoms with E-state index in [9.17, 15) is 39.7 Å². The highest BCUT2D eigenvalue weighted by Gasteiger charge is 2.13. The summed E-state index contributed by atoms with van der Waals surface area (Å²) in [4.78, 5) is 4.38. The van der Waals surface area contributed by atoms with E-state index in [1.807, 2.05) is 6.07 Å². The Bertz CT molecular complexity index is 2160. The highest BCUT2D eigenvalue weighted by Crippen LogP contribution is 2.34. The fraction of sp³-hybridized carbons (Fsp3) is 0. The zero-order valence-electron chi connectivity index (χ0n) is 21.8. The van der Waals surface area contributed by atoms with Crippen LogP contribution in [-0.2, 0) is 0 Å². The second-order valence-corrected chi connectivity index (χ2v) is 10.2. The number of fused-ring (bicyclic) bond motifs is 2. The van der Waals surface area contributed by atoms with Crippen LogP contribution in [-0.4, -0.2) is 25.4 Å². The second kappa shape index (κ2) is 11.6. The van der Waals surface area contributed by atoms with Gasteiger partial charge >= 0.3 is 0 Å². The maximum atomic E-state index is 13.5. The Labute approximate surface area is 251 Å². The number of pyridine rings is 1. The molecule has 0 aliphatic rings. The van der Waals surface area contributed by atoms with E-state index in [0.29, 0.717) is 48.7 Å². The molecule has 6 rings (SSSR count). The lowest BCUT2D eigenvalue weighted by Crippen LogP contribution is -1.91. The van der Waals surface area contributed by atoms with Crippen LogP contribution in [0.2, 0.25) is 0 Å². The molecule has 1 heterocycles. The topological polar surface area (TPSA) is 141 Å². The average molecular weight is 638 g/mol. The summed E-state index contributed by atoms with van der Waals surface area (Å²) in [6.07, 6.45) is 0. The number of aromatic hydroxyl groups is 4. The van der Waals surface area contributed by atoms with Gasteiger partial charge in [-0.25, -0.2) is 13.8 Å². The van der Waals surface area contributed by atoms with Gasteiger partial charge in [0.1, 0.15) is 17.6 Å². The molecule has 7 nitrogen and oxygen atoms in total. The van der Waals surface area contributed by atoms with E-state index in [4.69, 9.17) is 0 Å². The van der Waals surface area contributed by atoms with Gasteiger partial charge in [-0.05, 0) is 101 Å². The lowest BCUT2D eigenvalue weighted by atomic mass is 9.97. The van der Waals surface area contributed by atoms with Gasteiger partial charge in [-0.2, -0.15) is 10.5 Å². The Balaban J connectivity index is 0.000000171. The molecule has 0 atom stereocenters. The van der Waals surface area contributed by atoms with E-state index in [1.165, 1.54) is 48.5 Å². The SMILES string of the molecule is N#Cc1cc(-c2ccc(O)c(F)c2)cc2cc(O)ccc12.N#Cc1cc(O)cc2c(Br)cc(-c3ccc(O)c(F)c3)nc12. The molecule has 210 valence electrons. The minimum absolute atomic E-state index is 0.0324. The van der Waals surface area contributed by atoms with Gasteiger partial charge in [-0.3, -0.25) is 0 Å². The fourth-order valence-electron chi connectivity index (χ4n) is 4.47. The molecule has 0 aliphatic heterocycles. The van der Waals surface area contributed by atoms with E-state index in [0.717, 1.165) is 5.39 Å². The van der Waals surface area contributed by atoms with E-state index >= 15 is 0 Å². The molecule has 0 saturated carbocycles. The summed E-state index contributed by atoms with van der Waals surface area (Å²) < 4.78 is 27.6. The zero-order chi connectivity index (χ0) is 30.8. The van der Waals surface area contributed by atoms with Gasteiger partial charge in [0.05, 0.1) is 28.4 Å². The van der Waals surface area contributed by atoms with Crippen molar-refractivity contribution in [3.05, 3.63) is 112 Å². The predicted octanol–water partition coefficient (Wildman–Crippen LogP) is 8.02. The van der Waals surface area contributed by atoms with Crippen molar-refractivity contribution >= 4 is 37.6 Å². The minimum Gasteiger partial charge on any atom is -0.508 e. The molecule has 0 radical (unpaired) electrons. The maximum absolute atomic E-state index is 13.5. The average Bonchev–Trinajstić information content (AvgIpc) is 2.99. The molecule has 1 aromatic heterocycles. The first-order chi connectivity index (χ1) is 20.6. The monoisotopic (exact) mass is 637 g/mol. The first-order valence-electron chi connectivity index (χ1n) is 12.5. The van der Waals surface area contributed by atoms with Crippen LogP contribution >= 0.6 is 15.9 Å². The number of nitrogens with zero attached hydrogens (tertiary/aromatic N) is 3. The van der Waals surface area contributed by atoms with Crippen LogP contribution in [0.1, 0.15) is 11.1 Å². The molecular weight excluding hydrogens is 620 g/mol. The van der Waals surface area contributed by atoms with Gasteiger partial charge in [0, 0.05) is 15.4 Å². The Morgan fingerprint density at radius 2 is 1.26 bits per heavy atom. The van der Waals surface area contributed by atoms with Gasteiger partial charge in [0.15, 0.2) is 23.1 Å². The van der Waals surface area contributed by atoms with Crippen molar-refractivity contribution in [1.29, 1.82) is 10.5 Å². The summed E-state index contributed by atoms with van der Waals surface area (Å²) in [5.74, 6) is -2.26. The highest BCUT2D eigenvalue weighted by molar-refractivity contribution is 9.10. The molecule has 0 spiro atoms. The van der Waals surface area contributed by atoms with Crippen molar-refractivity contribution in [2.75, 3.05) is 0 Å². The van der Waals surface area contributed by atoms with Crippen LogP contribution in [0.5, 0.6) is 23.0 Å². The van der Waals surface area contributed by atoms with Crippen LogP contribution in [0.4, 0.5) is 8.78 Å². The zero-order valence-corrected chi connectivity index (χ0v) is 23.4. The molecule has 0 saturated heterocycles. The predicted molar refractivity (Wildman–Crippen MR) is 160 cm³/mol. The Morgan fingerprint density at radius 3 is 1.91 bits per heavy atom. The number of hydrogen-bond acceptors (Lipinski definition) is 7. The lowest BCUT2D eigenvalue weighted by molar-refractivity contribution is 0.432. The standard InChI is InChI=1S/C17H10FNO2.C16H8BrFN2O2/c18-16-8-10(1-4-17(16)21)11-5-12-7-14(20)2-3-15(12)13(6-11)9-19;17-12-6-14(8-1-2-15(22)13(18)4-8)20-16-9(7-19)3-10(21)5-11(12)16/h1-8,20-21H;1-6,21-22H. The van der Waals surface area contributed by atoms with Crippen molar-refractivity contribution in [2.45, 2.75) is 0 Å². The second-order valence-electron chi connectivity index (χ2n) is 9.36. The van der Waals surface area contributed by atoms with E-state index in [-0.39, 0.29) is 17.1 Å². The molecule has 6 aromatic rings. The molecule has 43 heavy (non-hydrogen) atoms. The molecule has 0 bridgehead atoms. The fourth-order valence-corrected chi connectivity index (χ4v) is 4.99. The molecule has 5 aromatic carbocycles. The number of aromatic nitrogens is 1. The number of phenolic OH excluding ortho intramolecular Hbond substituents is 4. The summed E-state index contributed by atoms with van der Waals surface area (Å²) in [6.45, 7) is 0. The third kappa shape index (κ3) is 5.87. The number of nitriles is 2. The van der Waals surface area contributed by atoms with Crippen LogP contribution in [0, 0.1) is 34.3 Å². The Morgan fingerprint density at radius 1 is 0.605 bits per heavy atom. The largest absolute Gasteiger partial charge is 0.508 e. The minimum atomic E-state index is -0.748. The van der Waals surface area contributed by atoms with Gasteiger partial charge in [-0.1, -0.05) is 22.0 Å². The van der Waals surface area contributed by atoms with Crippen molar-refractivity contribution < 1.29 is 29.2 Å². The van der Waals surface area contributed by atoms with Gasteiger partial charge in [-0.15, -0.1) is 0 Å². The smallest absolute Gasteiger partial charge is 0.165 e. The molecule has 0 fully saturated rings. The normalized spacial score (nSPS) is 10.5. The van der Waals surface area contributed by atoms with Gasteiger partial charge in [0.2, 0.25) is 0 Å². The van der Waals surface area contributed by atoms with Crippen LogP contribution in [0.3, 0.4) is 0 Å². The summed E-state index contributed by atoms with van der Waals surface area (Å²) in [5.41, 5.74) is 3.16. The van der Waals surface area contributed by atoms with Crippen LogP contribution in [0.25, 0.3) is 44.1 Å². The Hall–Kier alpha value is -5.71. The maximum Gasteiger partial charge on any atom is 0.165 e. The van der Waals surface area contributed by atoms with Gasteiger partial charge in [0.25, 0.3) is 0 Å². The molecule has 4 N–H and O–H groups in total. The summed E-state index contributed by atoms with van der Waals surface area (Å²) in [5, 5.41) is 58.1. The number of benzene rings is 5. The van der Waals surface area contributed by atoms with Gasteiger partial charge < -0.3 is 20.4 Å². The highest BCUT2D eigenvalue weighted by atomic mass is 79.9. The van der Waals surface area contributed by atoms with Crippen LogP contribution < -0.4 is 0 Å².